The lowest BCUT2D eigenvalue weighted by Crippen LogP contribution is -2.47. The highest BCUT2D eigenvalue weighted by atomic mass is 127. The van der Waals surface area contributed by atoms with E-state index in [0.29, 0.717) is 25.0 Å². The number of rotatable bonds is 5. The zero-order chi connectivity index (χ0) is 19.0. The van der Waals surface area contributed by atoms with Crippen LogP contribution in [0.15, 0.2) is 35.3 Å². The fourth-order valence-corrected chi connectivity index (χ4v) is 3.31. The Morgan fingerprint density at radius 1 is 1.04 bits per heavy atom. The number of hydrogen-bond acceptors (Lipinski definition) is 2. The number of hydrogen-bond donors (Lipinski definition) is 3. The second-order valence-electron chi connectivity index (χ2n) is 8.11. The molecular weight excluding hydrogens is 451 g/mol. The SMILES string of the molecule is CN=C(NCCNC(=O)C(C)(C)C)NC1CCC(c2ccccc2)CC1.I. The summed E-state index contributed by atoms with van der Waals surface area (Å²) >= 11 is 0. The number of benzene rings is 1. The Morgan fingerprint density at radius 3 is 2.19 bits per heavy atom. The maximum absolute atomic E-state index is 11.9. The average Bonchev–Trinajstić information content (AvgIpc) is 2.64. The molecule has 0 spiro atoms. The van der Waals surface area contributed by atoms with Gasteiger partial charge in [0.15, 0.2) is 5.96 Å². The third-order valence-electron chi connectivity index (χ3n) is 4.95. The van der Waals surface area contributed by atoms with E-state index < -0.39 is 0 Å². The van der Waals surface area contributed by atoms with E-state index in [1.54, 1.807) is 7.05 Å². The highest BCUT2D eigenvalue weighted by molar-refractivity contribution is 14.0. The number of carbonyl (C=O) groups excluding carboxylic acids is 1. The van der Waals surface area contributed by atoms with Gasteiger partial charge in [-0.15, -0.1) is 24.0 Å². The van der Waals surface area contributed by atoms with Crippen LogP contribution < -0.4 is 16.0 Å². The van der Waals surface area contributed by atoms with Gasteiger partial charge in [0.05, 0.1) is 0 Å². The van der Waals surface area contributed by atoms with Crippen LogP contribution in [0.5, 0.6) is 0 Å². The van der Waals surface area contributed by atoms with Crippen molar-refractivity contribution in [1.29, 1.82) is 0 Å². The molecule has 1 aromatic carbocycles. The minimum atomic E-state index is -0.350. The standard InChI is InChI=1S/C21H34N4O.HI/c1-21(2,3)19(26)23-14-15-24-20(22-4)25-18-12-10-17(11-13-18)16-8-6-5-7-9-16;/h5-9,17-18H,10-15H2,1-4H3,(H,23,26)(H2,22,24,25);1H. The maximum Gasteiger partial charge on any atom is 0.225 e. The van der Waals surface area contributed by atoms with Crippen LogP contribution in [0.4, 0.5) is 0 Å². The smallest absolute Gasteiger partial charge is 0.225 e. The van der Waals surface area contributed by atoms with Crippen LogP contribution >= 0.6 is 24.0 Å². The lowest BCUT2D eigenvalue weighted by atomic mass is 9.82. The number of amides is 1. The number of carbonyl (C=O) groups is 1. The van der Waals surface area contributed by atoms with Crippen molar-refractivity contribution in [3.63, 3.8) is 0 Å². The predicted octanol–water partition coefficient (Wildman–Crippen LogP) is 3.66. The van der Waals surface area contributed by atoms with E-state index in [1.165, 1.54) is 18.4 Å². The minimum absolute atomic E-state index is 0. The summed E-state index contributed by atoms with van der Waals surface area (Å²) in [6.45, 7) is 7.02. The first-order chi connectivity index (χ1) is 12.4. The molecule has 1 aliphatic carbocycles. The van der Waals surface area contributed by atoms with Crippen molar-refractivity contribution < 1.29 is 4.79 Å². The van der Waals surface area contributed by atoms with E-state index in [9.17, 15) is 4.79 Å². The molecule has 2 rings (SSSR count). The molecule has 0 radical (unpaired) electrons. The van der Waals surface area contributed by atoms with Crippen LogP contribution in [0.2, 0.25) is 0 Å². The third kappa shape index (κ3) is 8.07. The van der Waals surface area contributed by atoms with Gasteiger partial charge in [-0.3, -0.25) is 9.79 Å². The number of guanidine groups is 1. The van der Waals surface area contributed by atoms with E-state index in [0.717, 1.165) is 18.8 Å². The lowest BCUT2D eigenvalue weighted by Gasteiger charge is -2.30. The Balaban J connectivity index is 0.00000364. The summed E-state index contributed by atoms with van der Waals surface area (Å²) in [5.41, 5.74) is 1.11. The Kier molecular flexibility index (Phi) is 10.1. The van der Waals surface area contributed by atoms with Gasteiger partial charge in [0.2, 0.25) is 5.91 Å². The summed E-state index contributed by atoms with van der Waals surface area (Å²) < 4.78 is 0. The first kappa shape index (κ1) is 23.7. The summed E-state index contributed by atoms with van der Waals surface area (Å²) in [5, 5.41) is 9.76. The predicted molar refractivity (Wildman–Crippen MR) is 124 cm³/mol. The number of halogens is 1. The fourth-order valence-electron chi connectivity index (χ4n) is 3.31. The summed E-state index contributed by atoms with van der Waals surface area (Å²) in [7, 11) is 1.79. The molecule has 0 atom stereocenters. The first-order valence-corrected chi connectivity index (χ1v) is 9.70. The molecule has 27 heavy (non-hydrogen) atoms. The second-order valence-corrected chi connectivity index (χ2v) is 8.11. The molecule has 0 heterocycles. The Morgan fingerprint density at radius 2 is 1.63 bits per heavy atom. The van der Waals surface area contributed by atoms with Crippen molar-refractivity contribution in [2.45, 2.75) is 58.4 Å². The lowest BCUT2D eigenvalue weighted by molar-refractivity contribution is -0.128. The molecule has 6 heteroatoms. The Hall–Kier alpha value is -1.31. The monoisotopic (exact) mass is 486 g/mol. The third-order valence-corrected chi connectivity index (χ3v) is 4.95. The molecule has 1 amide bonds. The molecule has 0 saturated heterocycles. The summed E-state index contributed by atoms with van der Waals surface area (Å²) in [5.74, 6) is 1.57. The van der Waals surface area contributed by atoms with E-state index in [1.807, 2.05) is 20.8 Å². The molecule has 1 aliphatic rings. The average molecular weight is 486 g/mol. The van der Waals surface area contributed by atoms with Crippen molar-refractivity contribution in [2.24, 2.45) is 10.4 Å². The van der Waals surface area contributed by atoms with E-state index >= 15 is 0 Å². The van der Waals surface area contributed by atoms with Crippen LogP contribution in [-0.4, -0.2) is 38.0 Å². The molecule has 0 aromatic heterocycles. The van der Waals surface area contributed by atoms with Gasteiger partial charge in [0, 0.05) is 31.6 Å². The Bertz CT molecular complexity index is 590. The largest absolute Gasteiger partial charge is 0.355 e. The molecular formula is C21H35IN4O. The van der Waals surface area contributed by atoms with Crippen molar-refractivity contribution in [2.75, 3.05) is 20.1 Å². The zero-order valence-electron chi connectivity index (χ0n) is 17.0. The van der Waals surface area contributed by atoms with Gasteiger partial charge < -0.3 is 16.0 Å². The van der Waals surface area contributed by atoms with Gasteiger partial charge >= 0.3 is 0 Å². The quantitative estimate of drug-likeness (QED) is 0.258. The molecule has 5 nitrogen and oxygen atoms in total. The number of nitrogens with one attached hydrogen (secondary N) is 3. The summed E-state index contributed by atoms with van der Waals surface area (Å²) in [4.78, 5) is 16.2. The maximum atomic E-state index is 11.9. The highest BCUT2D eigenvalue weighted by Gasteiger charge is 2.23. The van der Waals surface area contributed by atoms with E-state index in [-0.39, 0.29) is 35.3 Å². The molecule has 0 aliphatic heterocycles. The molecule has 152 valence electrons. The van der Waals surface area contributed by atoms with Crippen LogP contribution in [0.3, 0.4) is 0 Å². The van der Waals surface area contributed by atoms with Crippen molar-refractivity contribution in [3.8, 4) is 0 Å². The highest BCUT2D eigenvalue weighted by Crippen LogP contribution is 2.32. The zero-order valence-corrected chi connectivity index (χ0v) is 19.4. The van der Waals surface area contributed by atoms with Crippen LogP contribution in [0.1, 0.15) is 57.9 Å². The van der Waals surface area contributed by atoms with Crippen LogP contribution in [0, 0.1) is 5.41 Å². The normalized spacial score (nSPS) is 20.4. The topological polar surface area (TPSA) is 65.5 Å². The van der Waals surface area contributed by atoms with Gasteiger partial charge in [-0.25, -0.2) is 0 Å². The molecule has 3 N–H and O–H groups in total. The number of nitrogens with zero attached hydrogens (tertiary/aromatic N) is 1. The van der Waals surface area contributed by atoms with Gasteiger partial charge in [0.25, 0.3) is 0 Å². The van der Waals surface area contributed by atoms with Crippen LogP contribution in [0.25, 0.3) is 0 Å². The van der Waals surface area contributed by atoms with Crippen molar-refractivity contribution >= 4 is 35.8 Å². The number of aliphatic imine (C=N–C) groups is 1. The Labute approximate surface area is 181 Å². The molecule has 1 fully saturated rings. The van der Waals surface area contributed by atoms with E-state index in [4.69, 9.17) is 0 Å². The molecule has 1 saturated carbocycles. The van der Waals surface area contributed by atoms with Gasteiger partial charge in [-0.05, 0) is 37.2 Å². The molecule has 1 aromatic rings. The summed E-state index contributed by atoms with van der Waals surface area (Å²) in [6, 6.07) is 11.3. The van der Waals surface area contributed by atoms with Crippen molar-refractivity contribution in [3.05, 3.63) is 35.9 Å². The van der Waals surface area contributed by atoms with Gasteiger partial charge in [-0.1, -0.05) is 51.1 Å². The van der Waals surface area contributed by atoms with Gasteiger partial charge in [-0.2, -0.15) is 0 Å². The van der Waals surface area contributed by atoms with Crippen LogP contribution in [-0.2, 0) is 4.79 Å². The second kappa shape index (κ2) is 11.5. The van der Waals surface area contributed by atoms with Gasteiger partial charge in [0.1, 0.15) is 0 Å². The first-order valence-electron chi connectivity index (χ1n) is 9.70. The van der Waals surface area contributed by atoms with E-state index in [2.05, 4.69) is 51.3 Å². The minimum Gasteiger partial charge on any atom is -0.355 e. The fraction of sp³-hybridized carbons (Fsp3) is 0.619. The molecule has 0 unspecified atom stereocenters. The summed E-state index contributed by atoms with van der Waals surface area (Å²) in [6.07, 6.45) is 4.72. The van der Waals surface area contributed by atoms with Crippen molar-refractivity contribution in [1.82, 2.24) is 16.0 Å². The molecule has 0 bridgehead atoms.